The van der Waals surface area contributed by atoms with Gasteiger partial charge in [-0.2, -0.15) is 0 Å². The molecule has 1 heterocycles. The molecule has 0 aromatic carbocycles. The van der Waals surface area contributed by atoms with E-state index < -0.39 is 0 Å². The summed E-state index contributed by atoms with van der Waals surface area (Å²) in [7, 11) is 0. The number of halogens is 1. The molecule has 1 rings (SSSR count). The smallest absolute Gasteiger partial charge is 0.00388 e. The van der Waals surface area contributed by atoms with E-state index in [1.165, 1.54) is 25.8 Å². The minimum absolute atomic E-state index is 0. The third kappa shape index (κ3) is 3.43. The van der Waals surface area contributed by atoms with Gasteiger partial charge in [0.1, 0.15) is 0 Å². The Morgan fingerprint density at radius 1 is 1.20 bits per heavy atom. The molecule has 1 aliphatic heterocycles. The Morgan fingerprint density at radius 3 is 2.60 bits per heavy atom. The predicted octanol–water partition coefficient (Wildman–Crippen LogP) is 2.21. The van der Waals surface area contributed by atoms with Gasteiger partial charge in [0.15, 0.2) is 0 Å². The van der Waals surface area contributed by atoms with Gasteiger partial charge in [0.25, 0.3) is 0 Å². The maximum atomic E-state index is 3.49. The molecule has 0 bridgehead atoms. The van der Waals surface area contributed by atoms with Gasteiger partial charge in [-0.25, -0.2) is 0 Å². The standard InChI is InChI=1S/C8H17N.ClH/c1-7-4-3-5-8(2)9-6-7;/h7-9H,3-6H2,1-2H3;1H/t7-,8+;/m0./s1. The largest absolute Gasteiger partial charge is 0.314 e. The number of nitrogens with one attached hydrogen (secondary N) is 1. The van der Waals surface area contributed by atoms with Crippen molar-refractivity contribution in [1.29, 1.82) is 0 Å². The number of hydrogen-bond acceptors (Lipinski definition) is 1. The Balaban J connectivity index is 0.000000810. The summed E-state index contributed by atoms with van der Waals surface area (Å²) in [5.41, 5.74) is 0. The fourth-order valence-corrected chi connectivity index (χ4v) is 1.38. The zero-order valence-electron chi connectivity index (χ0n) is 6.89. The van der Waals surface area contributed by atoms with Gasteiger partial charge in [-0.05, 0) is 32.2 Å². The third-order valence-corrected chi connectivity index (χ3v) is 2.15. The first-order valence-electron chi connectivity index (χ1n) is 4.02. The van der Waals surface area contributed by atoms with Crippen LogP contribution in [0.2, 0.25) is 0 Å². The lowest BCUT2D eigenvalue weighted by Gasteiger charge is -2.09. The van der Waals surface area contributed by atoms with Crippen molar-refractivity contribution in [2.24, 2.45) is 5.92 Å². The Kier molecular flexibility index (Phi) is 5.10. The number of hydrogen-bond donors (Lipinski definition) is 1. The van der Waals surface area contributed by atoms with Crippen molar-refractivity contribution in [2.75, 3.05) is 6.54 Å². The van der Waals surface area contributed by atoms with Crippen molar-refractivity contribution in [3.8, 4) is 0 Å². The normalized spacial score (nSPS) is 34.2. The van der Waals surface area contributed by atoms with E-state index in [0.29, 0.717) is 0 Å². The Hall–Kier alpha value is 0.250. The van der Waals surface area contributed by atoms with E-state index in [2.05, 4.69) is 19.2 Å². The molecule has 1 nitrogen and oxygen atoms in total. The van der Waals surface area contributed by atoms with E-state index >= 15 is 0 Å². The molecule has 0 aliphatic carbocycles. The van der Waals surface area contributed by atoms with E-state index in [0.717, 1.165) is 12.0 Å². The van der Waals surface area contributed by atoms with Crippen molar-refractivity contribution in [3.05, 3.63) is 0 Å². The summed E-state index contributed by atoms with van der Waals surface area (Å²) in [4.78, 5) is 0. The SMILES string of the molecule is C[C@H]1CCC[C@@H](C)NC1.Cl. The van der Waals surface area contributed by atoms with Gasteiger partial charge in [0, 0.05) is 6.04 Å². The zero-order valence-corrected chi connectivity index (χ0v) is 7.71. The summed E-state index contributed by atoms with van der Waals surface area (Å²) >= 11 is 0. The molecule has 0 spiro atoms. The molecule has 1 saturated heterocycles. The third-order valence-electron chi connectivity index (χ3n) is 2.15. The Bertz CT molecular complexity index is 75.3. The van der Waals surface area contributed by atoms with Crippen LogP contribution < -0.4 is 5.32 Å². The summed E-state index contributed by atoms with van der Waals surface area (Å²) in [6.07, 6.45) is 4.19. The van der Waals surface area contributed by atoms with E-state index in [9.17, 15) is 0 Å². The molecule has 62 valence electrons. The quantitative estimate of drug-likeness (QED) is 0.578. The summed E-state index contributed by atoms with van der Waals surface area (Å²) in [5, 5.41) is 3.49. The Labute approximate surface area is 70.0 Å². The van der Waals surface area contributed by atoms with Gasteiger partial charge in [-0.3, -0.25) is 0 Å². The second-order valence-corrected chi connectivity index (χ2v) is 3.35. The van der Waals surface area contributed by atoms with Crippen LogP contribution in [0.5, 0.6) is 0 Å². The highest BCUT2D eigenvalue weighted by atomic mass is 35.5. The summed E-state index contributed by atoms with van der Waals surface area (Å²) in [6, 6.07) is 0.759. The van der Waals surface area contributed by atoms with Crippen LogP contribution in [0, 0.1) is 5.92 Å². The first kappa shape index (κ1) is 10.2. The molecule has 0 unspecified atom stereocenters. The summed E-state index contributed by atoms with van der Waals surface area (Å²) in [6.45, 7) is 5.82. The van der Waals surface area contributed by atoms with E-state index in [1.54, 1.807) is 0 Å². The Morgan fingerprint density at radius 2 is 1.90 bits per heavy atom. The highest BCUT2D eigenvalue weighted by molar-refractivity contribution is 5.85. The first-order chi connectivity index (χ1) is 4.29. The van der Waals surface area contributed by atoms with Gasteiger partial charge >= 0.3 is 0 Å². The van der Waals surface area contributed by atoms with Crippen LogP contribution in [-0.4, -0.2) is 12.6 Å². The van der Waals surface area contributed by atoms with Gasteiger partial charge in [-0.15, -0.1) is 12.4 Å². The fourth-order valence-electron chi connectivity index (χ4n) is 1.38. The fraction of sp³-hybridized carbons (Fsp3) is 1.00. The minimum atomic E-state index is 0. The molecule has 1 fully saturated rings. The van der Waals surface area contributed by atoms with Gasteiger partial charge in [0.2, 0.25) is 0 Å². The second kappa shape index (κ2) is 4.97. The molecule has 10 heavy (non-hydrogen) atoms. The highest BCUT2D eigenvalue weighted by Crippen LogP contribution is 2.12. The van der Waals surface area contributed by atoms with Crippen molar-refractivity contribution in [1.82, 2.24) is 5.32 Å². The zero-order chi connectivity index (χ0) is 6.69. The lowest BCUT2D eigenvalue weighted by atomic mass is 10.1. The molecule has 0 saturated carbocycles. The predicted molar refractivity (Wildman–Crippen MR) is 47.7 cm³/mol. The van der Waals surface area contributed by atoms with Crippen LogP contribution >= 0.6 is 12.4 Å². The molecule has 0 aromatic heterocycles. The lowest BCUT2D eigenvalue weighted by molar-refractivity contribution is 0.503. The topological polar surface area (TPSA) is 12.0 Å². The van der Waals surface area contributed by atoms with Crippen molar-refractivity contribution in [2.45, 2.75) is 39.2 Å². The highest BCUT2D eigenvalue weighted by Gasteiger charge is 2.10. The van der Waals surface area contributed by atoms with Crippen LogP contribution in [0.1, 0.15) is 33.1 Å². The van der Waals surface area contributed by atoms with Crippen LogP contribution in [-0.2, 0) is 0 Å². The molecular weight excluding hydrogens is 146 g/mol. The summed E-state index contributed by atoms with van der Waals surface area (Å²) < 4.78 is 0. The molecule has 2 heteroatoms. The lowest BCUT2D eigenvalue weighted by Crippen LogP contribution is -2.27. The second-order valence-electron chi connectivity index (χ2n) is 3.35. The van der Waals surface area contributed by atoms with E-state index in [1.807, 2.05) is 0 Å². The average Bonchev–Trinajstić information content (AvgIpc) is 1.97. The van der Waals surface area contributed by atoms with Crippen molar-refractivity contribution >= 4 is 12.4 Å². The maximum Gasteiger partial charge on any atom is 0.00388 e. The minimum Gasteiger partial charge on any atom is -0.314 e. The van der Waals surface area contributed by atoms with Gasteiger partial charge < -0.3 is 5.32 Å². The van der Waals surface area contributed by atoms with Crippen LogP contribution in [0.25, 0.3) is 0 Å². The molecular formula is C8H18ClN. The molecule has 1 N–H and O–H groups in total. The van der Waals surface area contributed by atoms with E-state index in [4.69, 9.17) is 0 Å². The monoisotopic (exact) mass is 163 g/mol. The average molecular weight is 164 g/mol. The molecule has 2 atom stereocenters. The van der Waals surface area contributed by atoms with Gasteiger partial charge in [0.05, 0.1) is 0 Å². The van der Waals surface area contributed by atoms with Crippen LogP contribution in [0.3, 0.4) is 0 Å². The maximum absolute atomic E-state index is 3.49. The molecule has 0 amide bonds. The first-order valence-corrected chi connectivity index (χ1v) is 4.02. The molecule has 1 aliphatic rings. The van der Waals surface area contributed by atoms with Crippen molar-refractivity contribution in [3.63, 3.8) is 0 Å². The summed E-state index contributed by atoms with van der Waals surface area (Å²) in [5.74, 6) is 0.898. The van der Waals surface area contributed by atoms with Crippen LogP contribution in [0.15, 0.2) is 0 Å². The molecule has 0 aromatic rings. The van der Waals surface area contributed by atoms with Gasteiger partial charge in [-0.1, -0.05) is 13.3 Å². The number of rotatable bonds is 0. The van der Waals surface area contributed by atoms with E-state index in [-0.39, 0.29) is 12.4 Å². The van der Waals surface area contributed by atoms with Crippen molar-refractivity contribution < 1.29 is 0 Å². The van der Waals surface area contributed by atoms with Crippen LogP contribution in [0.4, 0.5) is 0 Å². The molecule has 0 radical (unpaired) electrons.